The fourth-order valence-corrected chi connectivity index (χ4v) is 10.5. The van der Waals surface area contributed by atoms with E-state index in [9.17, 15) is 19.2 Å². The Labute approximate surface area is 390 Å². The van der Waals surface area contributed by atoms with Gasteiger partial charge in [0.2, 0.25) is 11.9 Å². The highest BCUT2D eigenvalue weighted by Crippen LogP contribution is 2.56. The second kappa shape index (κ2) is 18.1. The average molecular weight is 912 g/mol. The minimum atomic E-state index is -0.680. The Kier molecular flexibility index (Phi) is 12.3. The number of hydrogen-bond acceptors (Lipinski definition) is 16. The van der Waals surface area contributed by atoms with E-state index >= 15 is 0 Å². The van der Waals surface area contributed by atoms with Crippen LogP contribution in [0.3, 0.4) is 0 Å². The van der Waals surface area contributed by atoms with Crippen molar-refractivity contribution in [2.24, 2.45) is 5.41 Å². The van der Waals surface area contributed by atoms with Crippen molar-refractivity contribution in [3.63, 3.8) is 0 Å². The molecule has 6 heterocycles. The lowest BCUT2D eigenvalue weighted by Crippen LogP contribution is -2.65. The van der Waals surface area contributed by atoms with Gasteiger partial charge in [0.25, 0.3) is 11.5 Å². The van der Waals surface area contributed by atoms with Gasteiger partial charge >= 0.3 is 0 Å². The number of amides is 2. The number of rotatable bonds is 14. The summed E-state index contributed by atoms with van der Waals surface area (Å²) in [4.78, 5) is 78.4. The molecule has 5 aromatic heterocycles. The molecule has 5 aromatic rings. The van der Waals surface area contributed by atoms with Crippen LogP contribution in [0.5, 0.6) is 0 Å². The molecule has 352 valence electrons. The van der Waals surface area contributed by atoms with E-state index in [4.69, 9.17) is 4.98 Å². The summed E-state index contributed by atoms with van der Waals surface area (Å²) in [7, 11) is 5.55. The minimum Gasteiger partial charge on any atom is -0.373 e. The van der Waals surface area contributed by atoms with Crippen molar-refractivity contribution in [1.29, 1.82) is 0 Å². The molecule has 0 aromatic carbocycles. The second-order valence-electron chi connectivity index (χ2n) is 19.5. The summed E-state index contributed by atoms with van der Waals surface area (Å²) in [5, 5.41) is 25.0. The number of anilines is 7. The summed E-state index contributed by atoms with van der Waals surface area (Å²) in [6.45, 7) is 10.2. The van der Waals surface area contributed by atoms with Gasteiger partial charge < -0.3 is 36.4 Å². The highest BCUT2D eigenvalue weighted by Gasteiger charge is 2.54. The molecule has 0 atom stereocenters. The molecular formula is C48H61N15O4. The third-order valence-corrected chi connectivity index (χ3v) is 14.4. The quantitative estimate of drug-likeness (QED) is 0.0864. The predicted octanol–water partition coefficient (Wildman–Crippen LogP) is 5.54. The third-order valence-electron chi connectivity index (χ3n) is 14.4. The number of aryl methyl sites for hydroxylation is 1. The van der Waals surface area contributed by atoms with Crippen LogP contribution in [0.2, 0.25) is 0 Å². The normalized spacial score (nSPS) is 20.8. The second-order valence-corrected chi connectivity index (χ2v) is 19.5. The molecule has 9 rings (SSSR count). The summed E-state index contributed by atoms with van der Waals surface area (Å²) in [6, 6.07) is 11.2. The number of nitrogens with one attached hydrogen (secondary N) is 5. The van der Waals surface area contributed by atoms with Crippen molar-refractivity contribution >= 4 is 69.4 Å². The molecule has 4 aliphatic rings. The summed E-state index contributed by atoms with van der Waals surface area (Å²) < 4.78 is 1.71. The number of ketones is 1. The Morgan fingerprint density at radius 3 is 2.18 bits per heavy atom. The van der Waals surface area contributed by atoms with Crippen molar-refractivity contribution in [2.45, 2.75) is 103 Å². The number of fused-ring (bicyclic) bond motifs is 1. The average Bonchev–Trinajstić information content (AvgIpc) is 3.82. The van der Waals surface area contributed by atoms with Crippen LogP contribution in [0.25, 0.3) is 11.0 Å². The monoisotopic (exact) mass is 912 g/mol. The number of nitrogens with zero attached hydrogens (tertiary/aromatic N) is 10. The molecule has 19 heteroatoms. The maximum Gasteiger partial charge on any atom is 0.263 e. The summed E-state index contributed by atoms with van der Waals surface area (Å²) in [5.41, 5.74) is 1.95. The van der Waals surface area contributed by atoms with Gasteiger partial charge in [-0.2, -0.15) is 4.98 Å². The number of piperazine rings is 1. The van der Waals surface area contributed by atoms with Gasteiger partial charge in [-0.15, -0.1) is 10.2 Å². The number of carbonyl (C=O) groups is 3. The van der Waals surface area contributed by atoms with Crippen molar-refractivity contribution in [1.82, 2.24) is 44.9 Å². The number of pyridine rings is 3. The largest absolute Gasteiger partial charge is 0.373 e. The standard InChI is InChI=1S/C48H61N15O4/c1-28-35-27-51-46(57-42(35)63(32-10-8-9-11-32)44(66)40(28)29(2)64)56-37-14-12-33(26-50-37)61-18-20-62(21-19-61)47(3,4)45(67)53-31-24-48(25-31)22-30(23-48)52-41-34(13-15-36(49-5)54-41)43(65)55-38-16-17-39(59-58-38)60(6)7/h12-17,26-27,30-32H,8-11,18-25H2,1-7H3,(H,53,67)(H2,49,52,54)(H,55,58,65)(H,50,51,56,57). The van der Waals surface area contributed by atoms with Crippen LogP contribution in [0.4, 0.5) is 40.7 Å². The van der Waals surface area contributed by atoms with Gasteiger partial charge in [-0.3, -0.25) is 28.6 Å². The Hall–Kier alpha value is -6.76. The molecule has 0 radical (unpaired) electrons. The molecule has 1 saturated heterocycles. The van der Waals surface area contributed by atoms with Crippen LogP contribution >= 0.6 is 0 Å². The molecule has 2 amide bonds. The van der Waals surface area contributed by atoms with Crippen molar-refractivity contribution in [3.8, 4) is 0 Å². The lowest BCUT2D eigenvalue weighted by molar-refractivity contribution is -0.135. The van der Waals surface area contributed by atoms with Crippen LogP contribution < -0.4 is 41.9 Å². The smallest absolute Gasteiger partial charge is 0.263 e. The van der Waals surface area contributed by atoms with E-state index in [2.05, 4.69) is 61.5 Å². The van der Waals surface area contributed by atoms with Crippen molar-refractivity contribution < 1.29 is 14.4 Å². The molecule has 1 spiro atoms. The van der Waals surface area contributed by atoms with Crippen LogP contribution in [0, 0.1) is 12.3 Å². The molecule has 1 aliphatic heterocycles. The highest BCUT2D eigenvalue weighted by molar-refractivity contribution is 6.07. The van der Waals surface area contributed by atoms with Gasteiger partial charge in [0, 0.05) is 77.0 Å². The molecule has 3 saturated carbocycles. The molecule has 5 N–H and O–H groups in total. The van der Waals surface area contributed by atoms with E-state index < -0.39 is 5.54 Å². The van der Waals surface area contributed by atoms with Crippen LogP contribution in [-0.4, -0.2) is 122 Å². The van der Waals surface area contributed by atoms with Gasteiger partial charge in [-0.1, -0.05) is 12.8 Å². The molecule has 0 bridgehead atoms. The van der Waals surface area contributed by atoms with Gasteiger partial charge in [0.15, 0.2) is 17.4 Å². The molecule has 4 fully saturated rings. The van der Waals surface area contributed by atoms with Crippen LogP contribution in [-0.2, 0) is 4.79 Å². The van der Waals surface area contributed by atoms with Gasteiger partial charge in [0.1, 0.15) is 23.1 Å². The Morgan fingerprint density at radius 1 is 0.836 bits per heavy atom. The third kappa shape index (κ3) is 9.08. The zero-order chi connectivity index (χ0) is 47.2. The molecule has 19 nitrogen and oxygen atoms in total. The van der Waals surface area contributed by atoms with E-state index in [1.54, 1.807) is 49.0 Å². The van der Waals surface area contributed by atoms with Crippen LogP contribution in [0.15, 0.2) is 53.6 Å². The Bertz CT molecular complexity index is 2730. The number of carbonyl (C=O) groups excluding carboxylic acids is 3. The van der Waals surface area contributed by atoms with Crippen molar-refractivity contribution in [3.05, 3.63) is 75.8 Å². The minimum absolute atomic E-state index is 0.00381. The maximum absolute atomic E-state index is 13.8. The van der Waals surface area contributed by atoms with E-state index in [1.165, 1.54) is 6.92 Å². The first-order valence-corrected chi connectivity index (χ1v) is 23.4. The summed E-state index contributed by atoms with van der Waals surface area (Å²) in [5.74, 6) is 2.59. The zero-order valence-electron chi connectivity index (χ0n) is 39.4. The molecular weight excluding hydrogens is 851 g/mol. The van der Waals surface area contributed by atoms with E-state index in [0.29, 0.717) is 57.2 Å². The molecule has 0 unspecified atom stereocenters. The predicted molar refractivity (Wildman–Crippen MR) is 260 cm³/mol. The molecule has 67 heavy (non-hydrogen) atoms. The fraction of sp³-hybridized carbons (Fsp3) is 0.500. The summed E-state index contributed by atoms with van der Waals surface area (Å²) >= 11 is 0. The first-order chi connectivity index (χ1) is 32.1. The lowest BCUT2D eigenvalue weighted by Gasteiger charge is -2.58. The number of aromatic nitrogens is 7. The van der Waals surface area contributed by atoms with E-state index in [-0.39, 0.29) is 52.3 Å². The van der Waals surface area contributed by atoms with Gasteiger partial charge in [-0.05, 0) is 114 Å². The van der Waals surface area contributed by atoms with Crippen molar-refractivity contribution in [2.75, 3.05) is 78.4 Å². The number of hydrogen-bond donors (Lipinski definition) is 5. The SMILES string of the molecule is CNc1ccc(C(=O)Nc2ccc(N(C)C)nn2)c(NC2CC3(CC(NC(=O)C(C)(C)N4CCN(c5ccc(Nc6ncc7c(C)c(C(C)=O)c(=O)n(C8CCCC8)c7n6)nc5)CC4)C3)C2)n1. The first-order valence-electron chi connectivity index (χ1n) is 23.4. The zero-order valence-corrected chi connectivity index (χ0v) is 39.4. The Morgan fingerprint density at radius 2 is 1.54 bits per heavy atom. The first kappa shape index (κ1) is 45.4. The van der Waals surface area contributed by atoms with Gasteiger partial charge in [-0.25, -0.2) is 15.0 Å². The lowest BCUT2D eigenvalue weighted by atomic mass is 9.52. The van der Waals surface area contributed by atoms with E-state index in [1.807, 2.05) is 51.2 Å². The van der Waals surface area contributed by atoms with Crippen LogP contribution in [0.1, 0.15) is 104 Å². The Balaban J connectivity index is 0.750. The topological polar surface area (TPSA) is 220 Å². The highest BCUT2D eigenvalue weighted by atomic mass is 16.2. The molecule has 3 aliphatic carbocycles. The van der Waals surface area contributed by atoms with E-state index in [0.717, 1.165) is 83.2 Å². The maximum atomic E-state index is 13.8. The summed E-state index contributed by atoms with van der Waals surface area (Å²) in [6.07, 6.45) is 11.0. The van der Waals surface area contributed by atoms with Gasteiger partial charge in [0.05, 0.1) is 28.6 Å². The number of Topliss-reactive ketones (excluding diaryl/α,β-unsaturated/α-hetero) is 1. The fourth-order valence-electron chi connectivity index (χ4n) is 10.5.